The number of aldehydes is 1. The number of hydrogen-bond acceptors (Lipinski definition) is 1. The Labute approximate surface area is 57.4 Å². The van der Waals surface area contributed by atoms with Crippen LogP contribution in [-0.4, -0.2) is 32.2 Å². The Balaban J connectivity index is 2.63. The summed E-state index contributed by atoms with van der Waals surface area (Å²) in [5.74, 6) is 0. The van der Waals surface area contributed by atoms with E-state index in [2.05, 4.69) is 0 Å². The molecule has 3 heteroatoms. The van der Waals surface area contributed by atoms with Crippen LogP contribution in [0.15, 0.2) is 8.82 Å². The molecule has 0 aliphatic carbocycles. The van der Waals surface area contributed by atoms with Gasteiger partial charge < -0.3 is 0 Å². The summed E-state index contributed by atoms with van der Waals surface area (Å²) in [4.78, 5) is 9.88. The Bertz CT molecular complexity index is 159. The Hall–Kier alpha value is 0.453. The monoisotopic (exact) mass is 310 g/mol. The van der Waals surface area contributed by atoms with E-state index in [-0.39, 0.29) is 0 Å². The van der Waals surface area contributed by atoms with Gasteiger partial charge in [0.25, 0.3) is 0 Å². The molecule has 0 atom stereocenters. The molecule has 7 heavy (non-hydrogen) atoms. The van der Waals surface area contributed by atoms with Crippen LogP contribution in [0.1, 0.15) is 0 Å². The van der Waals surface area contributed by atoms with Crippen molar-refractivity contribution in [3.8, 4) is 0 Å². The number of hydrogen-bond donors (Lipinski definition) is 0. The van der Waals surface area contributed by atoms with Gasteiger partial charge in [-0.15, -0.1) is 0 Å². The molecule has 1 aliphatic heterocycles. The first-order chi connectivity index (χ1) is 3.34. The quantitative estimate of drug-likeness (QED) is 0.498. The summed E-state index contributed by atoms with van der Waals surface area (Å²) in [5, 5.41) is 0.701. The fraction of sp³-hybridized carbons (Fsp3) is 0. The number of carbonyl (C=O) groups is 1. The van der Waals surface area contributed by atoms with Gasteiger partial charge in [-0.25, -0.2) is 0 Å². The van der Waals surface area contributed by atoms with Gasteiger partial charge in [0.15, 0.2) is 0 Å². The van der Waals surface area contributed by atoms with Crippen LogP contribution in [0.3, 0.4) is 0 Å². The molecular weight excluding hydrogens is 308 g/mol. The average molecular weight is 310 g/mol. The van der Waals surface area contributed by atoms with Gasteiger partial charge in [-0.1, -0.05) is 0 Å². The SMILES string of the molecule is O=C[C]1=[Bi][CH]=C1Cl. The predicted molar refractivity (Wildman–Crippen MR) is 30.8 cm³/mol. The van der Waals surface area contributed by atoms with Crippen LogP contribution in [0.4, 0.5) is 0 Å². The number of rotatable bonds is 1. The summed E-state index contributed by atoms with van der Waals surface area (Å²) in [5.41, 5.74) is 0. The standard InChI is InChI=1S/C4H2ClO.Bi/c1-4(5)2-3-6;/h1,3H;. The summed E-state index contributed by atoms with van der Waals surface area (Å²) in [6.45, 7) is 0. The molecule has 0 saturated carbocycles. The zero-order chi connectivity index (χ0) is 5.28. The van der Waals surface area contributed by atoms with Crippen molar-refractivity contribution in [3.05, 3.63) is 8.82 Å². The van der Waals surface area contributed by atoms with E-state index < -0.39 is 22.8 Å². The van der Waals surface area contributed by atoms with Crippen molar-refractivity contribution < 1.29 is 4.79 Å². The zero-order valence-electron chi connectivity index (χ0n) is 3.39. The van der Waals surface area contributed by atoms with Gasteiger partial charge >= 0.3 is 57.5 Å². The molecule has 0 saturated heterocycles. The molecule has 1 aliphatic rings. The molecule has 1 nitrogen and oxygen atoms in total. The molecule has 0 spiro atoms. The second kappa shape index (κ2) is 2.15. The molecule has 0 unspecified atom stereocenters. The van der Waals surface area contributed by atoms with E-state index in [0.717, 1.165) is 9.49 Å². The van der Waals surface area contributed by atoms with Crippen LogP contribution >= 0.6 is 11.6 Å². The predicted octanol–water partition coefficient (Wildman–Crippen LogP) is 0.156. The third-order valence-corrected chi connectivity index (χ3v) is 6.09. The van der Waals surface area contributed by atoms with Crippen molar-refractivity contribution in [1.82, 2.24) is 0 Å². The fourth-order valence-corrected chi connectivity index (χ4v) is 2.87. The van der Waals surface area contributed by atoms with Gasteiger partial charge in [-0.3, -0.25) is 0 Å². The van der Waals surface area contributed by atoms with E-state index >= 15 is 0 Å². The van der Waals surface area contributed by atoms with Gasteiger partial charge in [0, 0.05) is 0 Å². The van der Waals surface area contributed by atoms with Gasteiger partial charge in [-0.2, -0.15) is 0 Å². The molecule has 0 fully saturated rings. The van der Waals surface area contributed by atoms with Crippen LogP contribution < -0.4 is 0 Å². The van der Waals surface area contributed by atoms with E-state index in [9.17, 15) is 4.79 Å². The van der Waals surface area contributed by atoms with Crippen LogP contribution in [0.5, 0.6) is 0 Å². The van der Waals surface area contributed by atoms with Crippen molar-refractivity contribution in [3.63, 3.8) is 0 Å². The molecule has 0 amide bonds. The second-order valence-electron chi connectivity index (χ2n) is 1.11. The number of allylic oxidation sites excluding steroid dienone is 1. The van der Waals surface area contributed by atoms with E-state index in [0.29, 0.717) is 5.03 Å². The number of carbonyl (C=O) groups excluding carboxylic acids is 1. The number of halogens is 1. The summed E-state index contributed by atoms with van der Waals surface area (Å²) < 4.78 is 2.90. The molecule has 0 bridgehead atoms. The first-order valence-corrected chi connectivity index (χ1v) is 5.86. The van der Waals surface area contributed by atoms with Crippen molar-refractivity contribution in [2.24, 2.45) is 0 Å². The maximum absolute atomic E-state index is 9.88. The molecular formula is C4H2BiClO. The molecule has 1 rings (SSSR count). The van der Waals surface area contributed by atoms with Gasteiger partial charge in [0.2, 0.25) is 0 Å². The summed E-state index contributed by atoms with van der Waals surface area (Å²) in [6.07, 6.45) is 0.874. The van der Waals surface area contributed by atoms with E-state index in [4.69, 9.17) is 11.6 Å². The van der Waals surface area contributed by atoms with E-state index in [1.807, 2.05) is 3.78 Å². The van der Waals surface area contributed by atoms with Crippen molar-refractivity contribution in [2.75, 3.05) is 0 Å². The third-order valence-electron chi connectivity index (χ3n) is 0.673. The van der Waals surface area contributed by atoms with Gasteiger partial charge in [-0.05, 0) is 0 Å². The van der Waals surface area contributed by atoms with Crippen LogP contribution in [0.25, 0.3) is 0 Å². The van der Waals surface area contributed by atoms with Crippen LogP contribution in [0, 0.1) is 0 Å². The molecule has 0 aromatic rings. The van der Waals surface area contributed by atoms with Crippen molar-refractivity contribution in [1.29, 1.82) is 0 Å². The fourth-order valence-electron chi connectivity index (χ4n) is 0.275. The minimum atomic E-state index is -0.582. The second-order valence-corrected chi connectivity index (χ2v) is 5.40. The topological polar surface area (TPSA) is 17.1 Å². The Kier molecular flexibility index (Phi) is 1.71. The molecule has 0 radical (unpaired) electrons. The molecule has 36 valence electrons. The zero-order valence-corrected chi connectivity index (χ0v) is 7.62. The van der Waals surface area contributed by atoms with Crippen LogP contribution in [-0.2, 0) is 4.79 Å². The molecule has 0 aromatic carbocycles. The van der Waals surface area contributed by atoms with E-state index in [1.54, 1.807) is 0 Å². The average Bonchev–Trinajstić information content (AvgIpc) is 1.65. The third kappa shape index (κ3) is 0.976. The molecule has 0 N–H and O–H groups in total. The summed E-state index contributed by atoms with van der Waals surface area (Å²) in [7, 11) is 0. The minimum absolute atomic E-state index is 0.582. The van der Waals surface area contributed by atoms with Crippen LogP contribution in [0.2, 0.25) is 0 Å². The van der Waals surface area contributed by atoms with Crippen molar-refractivity contribution >= 4 is 43.8 Å². The van der Waals surface area contributed by atoms with Crippen molar-refractivity contribution in [2.45, 2.75) is 0 Å². The maximum atomic E-state index is 9.88. The Morgan fingerprint density at radius 2 is 2.57 bits per heavy atom. The summed E-state index contributed by atoms with van der Waals surface area (Å²) >= 11 is 4.87. The first-order valence-electron chi connectivity index (χ1n) is 1.73. The van der Waals surface area contributed by atoms with Gasteiger partial charge in [0.1, 0.15) is 0 Å². The Morgan fingerprint density at radius 3 is 2.57 bits per heavy atom. The Morgan fingerprint density at radius 1 is 1.86 bits per heavy atom. The van der Waals surface area contributed by atoms with Gasteiger partial charge in [0.05, 0.1) is 0 Å². The summed E-state index contributed by atoms with van der Waals surface area (Å²) in [6, 6.07) is 0. The first kappa shape index (κ1) is 5.59. The van der Waals surface area contributed by atoms with E-state index in [1.165, 1.54) is 0 Å². The normalized spacial score (nSPS) is 16.7. The molecule has 0 aromatic heterocycles. The molecule has 1 heterocycles.